The van der Waals surface area contributed by atoms with Crippen LogP contribution in [0.3, 0.4) is 0 Å². The Bertz CT molecular complexity index is 493. The molecule has 26 heavy (non-hydrogen) atoms. The molecule has 4 N–H and O–H groups in total. The molecular formula is C17H30FN5O3. The lowest BCUT2D eigenvalue weighted by atomic mass is 9.88. The Kier molecular flexibility index (Phi) is 6.02. The van der Waals surface area contributed by atoms with Crippen LogP contribution in [0, 0.1) is 5.92 Å². The van der Waals surface area contributed by atoms with E-state index in [9.17, 15) is 9.18 Å². The van der Waals surface area contributed by atoms with Gasteiger partial charge in [0.25, 0.3) is 0 Å². The molecule has 148 valence electrons. The number of rotatable bonds is 5. The first-order valence-electron chi connectivity index (χ1n) is 9.90. The first-order chi connectivity index (χ1) is 12.7. The highest BCUT2D eigenvalue weighted by Crippen LogP contribution is 2.27. The summed E-state index contributed by atoms with van der Waals surface area (Å²) < 4.78 is 13.5. The van der Waals surface area contributed by atoms with E-state index in [0.717, 1.165) is 38.9 Å². The number of hydrazine groups is 1. The van der Waals surface area contributed by atoms with Crippen LogP contribution in [0.5, 0.6) is 0 Å². The monoisotopic (exact) mass is 371 g/mol. The summed E-state index contributed by atoms with van der Waals surface area (Å²) in [6, 6.07) is -0.276. The molecule has 3 heterocycles. The van der Waals surface area contributed by atoms with Gasteiger partial charge in [0.15, 0.2) is 0 Å². The standard InChI is InChI=1S/C17H30FN5O3/c18-12-3-1-2-11(6-12)9-23-10-13(8-19-23)21-17(24)14-7-16(26-22-14)15-4-5-20-25-15/h11-16,19-20,22H,1-10H2,(H,21,24). The van der Waals surface area contributed by atoms with Crippen molar-refractivity contribution in [2.45, 2.75) is 69.0 Å². The number of hydrogen-bond donors (Lipinski definition) is 4. The van der Waals surface area contributed by atoms with Crippen LogP contribution >= 0.6 is 0 Å². The number of carbonyl (C=O) groups is 1. The van der Waals surface area contributed by atoms with Crippen molar-refractivity contribution in [2.75, 3.05) is 26.2 Å². The number of hydroxylamine groups is 2. The molecule has 6 atom stereocenters. The summed E-state index contributed by atoms with van der Waals surface area (Å²) in [5.74, 6) is 0.375. The lowest BCUT2D eigenvalue weighted by molar-refractivity contribution is -0.125. The van der Waals surface area contributed by atoms with Gasteiger partial charge in [-0.3, -0.25) is 19.9 Å². The highest BCUT2D eigenvalue weighted by molar-refractivity contribution is 5.82. The molecule has 3 aliphatic heterocycles. The maximum Gasteiger partial charge on any atom is 0.239 e. The van der Waals surface area contributed by atoms with E-state index in [2.05, 4.69) is 26.7 Å². The topological polar surface area (TPSA) is 86.9 Å². The van der Waals surface area contributed by atoms with Gasteiger partial charge in [0, 0.05) is 32.6 Å². The van der Waals surface area contributed by atoms with Gasteiger partial charge >= 0.3 is 0 Å². The molecule has 1 saturated carbocycles. The Morgan fingerprint density at radius 3 is 2.92 bits per heavy atom. The lowest BCUT2D eigenvalue weighted by Gasteiger charge is -2.28. The SMILES string of the molecule is O=C(NC1CNN(CC2CCCC(F)C2)C1)C1CC(C2CCNO2)ON1. The molecule has 0 bridgehead atoms. The van der Waals surface area contributed by atoms with Crippen LogP contribution in [0.1, 0.15) is 38.5 Å². The molecule has 0 aromatic rings. The summed E-state index contributed by atoms with van der Waals surface area (Å²) >= 11 is 0. The van der Waals surface area contributed by atoms with Crippen LogP contribution in [0.4, 0.5) is 4.39 Å². The molecule has 4 rings (SSSR count). The Morgan fingerprint density at radius 1 is 1.19 bits per heavy atom. The summed E-state index contributed by atoms with van der Waals surface area (Å²) in [6.45, 7) is 3.14. The fourth-order valence-corrected chi connectivity index (χ4v) is 4.45. The predicted octanol–water partition coefficient (Wildman–Crippen LogP) is -0.225. The van der Waals surface area contributed by atoms with Gasteiger partial charge in [0.2, 0.25) is 5.91 Å². The second-order valence-corrected chi connectivity index (χ2v) is 8.00. The fourth-order valence-electron chi connectivity index (χ4n) is 4.45. The number of amides is 1. The Labute approximate surface area is 153 Å². The summed E-state index contributed by atoms with van der Waals surface area (Å²) in [4.78, 5) is 23.4. The van der Waals surface area contributed by atoms with E-state index in [-0.39, 0.29) is 30.2 Å². The van der Waals surface area contributed by atoms with E-state index in [1.165, 1.54) is 0 Å². The van der Waals surface area contributed by atoms with Crippen molar-refractivity contribution in [1.29, 1.82) is 0 Å². The van der Waals surface area contributed by atoms with Crippen LogP contribution in [-0.4, -0.2) is 67.6 Å². The Balaban J connectivity index is 1.18. The number of nitrogens with zero attached hydrogens (tertiary/aromatic N) is 1. The van der Waals surface area contributed by atoms with Gasteiger partial charge in [-0.25, -0.2) is 14.9 Å². The molecular weight excluding hydrogens is 341 g/mol. The molecule has 0 spiro atoms. The van der Waals surface area contributed by atoms with Crippen molar-refractivity contribution in [2.24, 2.45) is 5.92 Å². The minimum Gasteiger partial charge on any atom is -0.349 e. The van der Waals surface area contributed by atoms with Crippen LogP contribution in [0.2, 0.25) is 0 Å². The number of nitrogens with one attached hydrogen (secondary N) is 4. The van der Waals surface area contributed by atoms with Gasteiger partial charge in [-0.2, -0.15) is 5.48 Å². The minimum absolute atomic E-state index is 0.00115. The van der Waals surface area contributed by atoms with Gasteiger partial charge < -0.3 is 5.32 Å². The van der Waals surface area contributed by atoms with E-state index in [0.29, 0.717) is 31.7 Å². The molecule has 8 nitrogen and oxygen atoms in total. The number of alkyl halides is 1. The van der Waals surface area contributed by atoms with E-state index in [1.54, 1.807) is 0 Å². The Morgan fingerprint density at radius 2 is 2.12 bits per heavy atom. The largest absolute Gasteiger partial charge is 0.349 e. The van der Waals surface area contributed by atoms with Crippen LogP contribution in [0.15, 0.2) is 0 Å². The molecule has 1 aliphatic carbocycles. The third-order valence-corrected chi connectivity index (χ3v) is 5.87. The minimum atomic E-state index is -0.646. The van der Waals surface area contributed by atoms with Crippen molar-refractivity contribution < 1.29 is 18.9 Å². The van der Waals surface area contributed by atoms with Gasteiger partial charge in [-0.1, -0.05) is 6.42 Å². The van der Waals surface area contributed by atoms with E-state index in [4.69, 9.17) is 9.68 Å². The second kappa shape index (κ2) is 8.45. The van der Waals surface area contributed by atoms with Gasteiger partial charge in [0.1, 0.15) is 24.4 Å². The number of hydrogen-bond acceptors (Lipinski definition) is 7. The quantitative estimate of drug-likeness (QED) is 0.531. The van der Waals surface area contributed by atoms with Crippen molar-refractivity contribution in [3.05, 3.63) is 0 Å². The highest BCUT2D eigenvalue weighted by atomic mass is 19.1. The summed E-state index contributed by atoms with van der Waals surface area (Å²) in [5, 5.41) is 5.22. The van der Waals surface area contributed by atoms with Crippen LogP contribution in [-0.2, 0) is 14.5 Å². The van der Waals surface area contributed by atoms with E-state index in [1.807, 2.05) is 0 Å². The highest BCUT2D eigenvalue weighted by Gasteiger charge is 2.39. The van der Waals surface area contributed by atoms with Crippen LogP contribution in [0.25, 0.3) is 0 Å². The van der Waals surface area contributed by atoms with E-state index < -0.39 is 6.17 Å². The first kappa shape index (κ1) is 18.5. The number of carbonyl (C=O) groups excluding carboxylic acids is 1. The normalized spacial score (nSPS) is 41.6. The number of halogens is 1. The molecule has 3 saturated heterocycles. The Hall–Kier alpha value is -0.840. The van der Waals surface area contributed by atoms with Crippen molar-refractivity contribution in [3.8, 4) is 0 Å². The summed E-state index contributed by atoms with van der Waals surface area (Å²) in [7, 11) is 0. The zero-order valence-electron chi connectivity index (χ0n) is 15.1. The molecule has 4 fully saturated rings. The molecule has 0 aromatic carbocycles. The average molecular weight is 371 g/mol. The van der Waals surface area contributed by atoms with Gasteiger partial charge in [-0.05, 0) is 31.6 Å². The van der Waals surface area contributed by atoms with Crippen molar-refractivity contribution in [1.82, 2.24) is 26.7 Å². The lowest BCUT2D eigenvalue weighted by Crippen LogP contribution is -2.47. The average Bonchev–Trinajstić information content (AvgIpc) is 3.36. The van der Waals surface area contributed by atoms with Crippen molar-refractivity contribution >= 4 is 5.91 Å². The van der Waals surface area contributed by atoms with E-state index >= 15 is 0 Å². The molecule has 1 amide bonds. The molecule has 4 aliphatic rings. The maximum atomic E-state index is 13.5. The maximum absolute atomic E-state index is 13.5. The molecule has 0 aromatic heterocycles. The molecule has 6 unspecified atom stereocenters. The first-order valence-corrected chi connectivity index (χ1v) is 9.90. The van der Waals surface area contributed by atoms with Crippen molar-refractivity contribution in [3.63, 3.8) is 0 Å². The third kappa shape index (κ3) is 4.52. The van der Waals surface area contributed by atoms with Crippen LogP contribution < -0.4 is 21.7 Å². The molecule has 0 radical (unpaired) electrons. The second-order valence-electron chi connectivity index (χ2n) is 8.00. The smallest absolute Gasteiger partial charge is 0.239 e. The third-order valence-electron chi connectivity index (χ3n) is 5.87. The predicted molar refractivity (Wildman–Crippen MR) is 92.3 cm³/mol. The zero-order valence-corrected chi connectivity index (χ0v) is 15.1. The van der Waals surface area contributed by atoms with Gasteiger partial charge in [0.05, 0.1) is 6.04 Å². The summed E-state index contributed by atoms with van der Waals surface area (Å²) in [6.07, 6.45) is 4.21. The molecule has 9 heteroatoms. The fraction of sp³-hybridized carbons (Fsp3) is 0.941. The van der Waals surface area contributed by atoms with Gasteiger partial charge in [-0.15, -0.1) is 0 Å². The summed E-state index contributed by atoms with van der Waals surface area (Å²) in [5.41, 5.74) is 9.03. The zero-order chi connectivity index (χ0) is 17.9.